The second-order valence-electron chi connectivity index (χ2n) is 6.19. The van der Waals surface area contributed by atoms with Gasteiger partial charge >= 0.3 is 0 Å². The van der Waals surface area contributed by atoms with E-state index in [9.17, 15) is 4.79 Å². The number of carbonyl (C=O) groups is 1. The molecule has 3 N–H and O–H groups in total. The second-order valence-corrected chi connectivity index (χ2v) is 6.19. The maximum Gasteiger partial charge on any atom is 0.220 e. The zero-order valence-corrected chi connectivity index (χ0v) is 11.4. The van der Waals surface area contributed by atoms with E-state index in [0.717, 1.165) is 19.4 Å². The highest BCUT2D eigenvalue weighted by atomic mass is 16.1. The molecule has 0 bridgehead atoms. The minimum atomic E-state index is 0.122. The summed E-state index contributed by atoms with van der Waals surface area (Å²) in [6.07, 6.45) is 8.10. The maximum atomic E-state index is 11.8. The molecular formula is C14H28N2O. The van der Waals surface area contributed by atoms with Gasteiger partial charge in [0.25, 0.3) is 0 Å². The fourth-order valence-corrected chi connectivity index (χ4v) is 2.54. The van der Waals surface area contributed by atoms with Crippen molar-refractivity contribution in [2.24, 2.45) is 17.1 Å². The monoisotopic (exact) mass is 240 g/mol. The lowest BCUT2D eigenvalue weighted by atomic mass is 9.86. The fraction of sp³-hybridized carbons (Fsp3) is 0.929. The van der Waals surface area contributed by atoms with Crippen molar-refractivity contribution >= 4 is 5.91 Å². The van der Waals surface area contributed by atoms with Gasteiger partial charge in [0.15, 0.2) is 0 Å². The van der Waals surface area contributed by atoms with Crippen LogP contribution in [0.5, 0.6) is 0 Å². The Balaban J connectivity index is 2.20. The Bertz CT molecular complexity index is 232. The minimum absolute atomic E-state index is 0.122. The number of hydrogen-bond acceptors (Lipinski definition) is 2. The zero-order valence-electron chi connectivity index (χ0n) is 11.4. The van der Waals surface area contributed by atoms with Gasteiger partial charge in [-0.05, 0) is 37.1 Å². The zero-order chi connectivity index (χ0) is 12.7. The fourth-order valence-electron chi connectivity index (χ4n) is 2.54. The Labute approximate surface area is 106 Å². The van der Waals surface area contributed by atoms with Gasteiger partial charge in [0.05, 0.1) is 0 Å². The van der Waals surface area contributed by atoms with Crippen LogP contribution in [0.4, 0.5) is 0 Å². The minimum Gasteiger partial charge on any atom is -0.356 e. The Morgan fingerprint density at radius 1 is 1.29 bits per heavy atom. The van der Waals surface area contributed by atoms with Crippen molar-refractivity contribution in [1.29, 1.82) is 0 Å². The maximum absolute atomic E-state index is 11.8. The molecule has 1 rings (SSSR count). The third-order valence-corrected chi connectivity index (χ3v) is 3.78. The van der Waals surface area contributed by atoms with Crippen molar-refractivity contribution in [3.63, 3.8) is 0 Å². The van der Waals surface area contributed by atoms with Crippen LogP contribution in [0, 0.1) is 11.3 Å². The first-order chi connectivity index (χ1) is 8.03. The van der Waals surface area contributed by atoms with E-state index < -0.39 is 0 Å². The summed E-state index contributed by atoms with van der Waals surface area (Å²) in [5.74, 6) is 0.850. The van der Waals surface area contributed by atoms with Gasteiger partial charge in [-0.3, -0.25) is 4.79 Å². The summed E-state index contributed by atoms with van der Waals surface area (Å²) in [6, 6.07) is 0. The van der Waals surface area contributed by atoms with Crippen LogP contribution in [0.15, 0.2) is 0 Å². The molecule has 1 saturated carbocycles. The topological polar surface area (TPSA) is 55.1 Å². The number of carbonyl (C=O) groups excluding carboxylic acids is 1. The normalized spacial score (nSPS) is 18.1. The molecule has 0 aromatic heterocycles. The van der Waals surface area contributed by atoms with Crippen LogP contribution in [-0.2, 0) is 4.79 Å². The predicted molar refractivity (Wildman–Crippen MR) is 71.7 cm³/mol. The largest absolute Gasteiger partial charge is 0.356 e. The van der Waals surface area contributed by atoms with E-state index in [2.05, 4.69) is 19.2 Å². The molecule has 0 spiro atoms. The summed E-state index contributed by atoms with van der Waals surface area (Å²) in [7, 11) is 0. The molecule has 1 amide bonds. The Morgan fingerprint density at radius 3 is 2.53 bits per heavy atom. The van der Waals surface area contributed by atoms with Crippen molar-refractivity contribution in [2.75, 3.05) is 13.1 Å². The summed E-state index contributed by atoms with van der Waals surface area (Å²) in [6.45, 7) is 5.74. The van der Waals surface area contributed by atoms with Crippen molar-refractivity contribution in [2.45, 2.75) is 58.8 Å². The van der Waals surface area contributed by atoms with Crippen LogP contribution >= 0.6 is 0 Å². The molecule has 0 heterocycles. The van der Waals surface area contributed by atoms with Crippen LogP contribution in [-0.4, -0.2) is 19.0 Å². The van der Waals surface area contributed by atoms with Gasteiger partial charge in [-0.1, -0.05) is 33.1 Å². The first-order valence-corrected chi connectivity index (χ1v) is 7.00. The summed E-state index contributed by atoms with van der Waals surface area (Å²) in [5, 5.41) is 3.06. The van der Waals surface area contributed by atoms with Crippen LogP contribution in [0.2, 0.25) is 0 Å². The molecule has 0 unspecified atom stereocenters. The Kier molecular flexibility index (Phi) is 5.96. The quantitative estimate of drug-likeness (QED) is 0.749. The lowest BCUT2D eigenvalue weighted by molar-refractivity contribution is -0.122. The molecule has 0 saturated heterocycles. The van der Waals surface area contributed by atoms with E-state index in [1.54, 1.807) is 0 Å². The lowest BCUT2D eigenvalue weighted by Gasteiger charge is -2.25. The average Bonchev–Trinajstić information content (AvgIpc) is 2.28. The molecular weight excluding hydrogens is 212 g/mol. The summed E-state index contributed by atoms with van der Waals surface area (Å²) in [5.41, 5.74) is 5.68. The van der Waals surface area contributed by atoms with Gasteiger partial charge < -0.3 is 11.1 Å². The highest BCUT2D eigenvalue weighted by Crippen LogP contribution is 2.26. The van der Waals surface area contributed by atoms with Crippen LogP contribution in [0.1, 0.15) is 58.8 Å². The summed E-state index contributed by atoms with van der Waals surface area (Å²) < 4.78 is 0. The first kappa shape index (κ1) is 14.5. The van der Waals surface area contributed by atoms with Crippen LogP contribution in [0.3, 0.4) is 0 Å². The molecule has 1 aliphatic rings. The van der Waals surface area contributed by atoms with Gasteiger partial charge in [-0.15, -0.1) is 0 Å². The number of nitrogens with two attached hydrogens (primary N) is 1. The highest BCUT2D eigenvalue weighted by Gasteiger charge is 2.20. The first-order valence-electron chi connectivity index (χ1n) is 7.00. The van der Waals surface area contributed by atoms with Gasteiger partial charge in [0.1, 0.15) is 0 Å². The van der Waals surface area contributed by atoms with E-state index in [1.165, 1.54) is 32.1 Å². The molecule has 0 aromatic rings. The number of hydrogen-bond donors (Lipinski definition) is 2. The van der Waals surface area contributed by atoms with Crippen LogP contribution in [0.25, 0.3) is 0 Å². The van der Waals surface area contributed by atoms with Crippen molar-refractivity contribution in [1.82, 2.24) is 5.32 Å². The summed E-state index contributed by atoms with van der Waals surface area (Å²) in [4.78, 5) is 11.8. The van der Waals surface area contributed by atoms with Crippen LogP contribution < -0.4 is 11.1 Å². The SMILES string of the molecule is CC(C)(CCN)CNC(=O)CC1CCCCC1. The Hall–Kier alpha value is -0.570. The van der Waals surface area contributed by atoms with E-state index in [0.29, 0.717) is 12.5 Å². The highest BCUT2D eigenvalue weighted by molar-refractivity contribution is 5.76. The lowest BCUT2D eigenvalue weighted by Crippen LogP contribution is -2.36. The summed E-state index contributed by atoms with van der Waals surface area (Å²) >= 11 is 0. The van der Waals surface area contributed by atoms with Gasteiger partial charge in [-0.2, -0.15) is 0 Å². The van der Waals surface area contributed by atoms with Gasteiger partial charge in [-0.25, -0.2) is 0 Å². The average molecular weight is 240 g/mol. The van der Waals surface area contributed by atoms with Gasteiger partial charge in [0, 0.05) is 13.0 Å². The van der Waals surface area contributed by atoms with Gasteiger partial charge in [0.2, 0.25) is 5.91 Å². The van der Waals surface area contributed by atoms with E-state index in [4.69, 9.17) is 5.73 Å². The standard InChI is InChI=1S/C14H28N2O/c1-14(2,8-9-15)11-16-13(17)10-12-6-4-3-5-7-12/h12H,3-11,15H2,1-2H3,(H,16,17). The molecule has 0 aromatic carbocycles. The Morgan fingerprint density at radius 2 is 1.94 bits per heavy atom. The van der Waals surface area contributed by atoms with Crippen molar-refractivity contribution in [3.8, 4) is 0 Å². The third kappa shape index (κ3) is 6.06. The van der Waals surface area contributed by atoms with E-state index in [-0.39, 0.29) is 11.3 Å². The molecule has 0 radical (unpaired) electrons. The van der Waals surface area contributed by atoms with Crippen molar-refractivity contribution < 1.29 is 4.79 Å². The number of amides is 1. The number of nitrogens with one attached hydrogen (secondary N) is 1. The molecule has 1 aliphatic carbocycles. The van der Waals surface area contributed by atoms with E-state index >= 15 is 0 Å². The second kappa shape index (κ2) is 7.00. The molecule has 3 heteroatoms. The predicted octanol–water partition coefficient (Wildman–Crippen LogP) is 2.45. The molecule has 100 valence electrons. The van der Waals surface area contributed by atoms with E-state index in [1.807, 2.05) is 0 Å². The molecule has 0 aliphatic heterocycles. The smallest absolute Gasteiger partial charge is 0.220 e. The third-order valence-electron chi connectivity index (χ3n) is 3.78. The molecule has 3 nitrogen and oxygen atoms in total. The molecule has 0 atom stereocenters. The number of rotatable bonds is 6. The molecule has 1 fully saturated rings. The molecule has 17 heavy (non-hydrogen) atoms. The van der Waals surface area contributed by atoms with Crippen molar-refractivity contribution in [3.05, 3.63) is 0 Å².